The first kappa shape index (κ1) is 16.6. The predicted molar refractivity (Wildman–Crippen MR) is 94.2 cm³/mol. The summed E-state index contributed by atoms with van der Waals surface area (Å²) in [6.07, 6.45) is 2.72. The van der Waals surface area contributed by atoms with Crippen molar-refractivity contribution in [1.29, 1.82) is 0 Å². The molecule has 0 radical (unpaired) electrons. The van der Waals surface area contributed by atoms with Crippen molar-refractivity contribution in [3.63, 3.8) is 0 Å². The number of benzene rings is 1. The van der Waals surface area contributed by atoms with Crippen molar-refractivity contribution in [1.82, 2.24) is 15.5 Å². The van der Waals surface area contributed by atoms with Gasteiger partial charge in [0.15, 0.2) is 5.96 Å². The van der Waals surface area contributed by atoms with Gasteiger partial charge in [0.2, 0.25) is 0 Å². The summed E-state index contributed by atoms with van der Waals surface area (Å²) in [7, 11) is 3.23. The van der Waals surface area contributed by atoms with E-state index < -0.39 is 0 Å². The van der Waals surface area contributed by atoms with Crippen molar-refractivity contribution < 1.29 is 9.53 Å². The molecule has 1 aromatic carbocycles. The molecule has 6 heteroatoms. The van der Waals surface area contributed by atoms with Crippen LogP contribution in [-0.2, 0) is 4.74 Å². The second kappa shape index (κ2) is 7.55. The van der Waals surface area contributed by atoms with E-state index in [1.54, 1.807) is 11.9 Å². The number of aliphatic imine (C=N–C) groups is 1. The van der Waals surface area contributed by atoms with E-state index in [0.29, 0.717) is 18.0 Å². The van der Waals surface area contributed by atoms with Crippen LogP contribution in [0.25, 0.3) is 0 Å². The topological polar surface area (TPSA) is 66.0 Å². The Hall–Kier alpha value is -2.24. The summed E-state index contributed by atoms with van der Waals surface area (Å²) in [6, 6.07) is 11.4. The van der Waals surface area contributed by atoms with Gasteiger partial charge in [-0.15, -0.1) is 0 Å². The van der Waals surface area contributed by atoms with E-state index >= 15 is 0 Å². The van der Waals surface area contributed by atoms with Gasteiger partial charge in [0.1, 0.15) is 0 Å². The smallest absolute Gasteiger partial charge is 0.409 e. The normalized spacial score (nSPS) is 24.4. The van der Waals surface area contributed by atoms with E-state index in [1.165, 1.54) is 12.7 Å². The van der Waals surface area contributed by atoms with E-state index in [0.717, 1.165) is 38.3 Å². The lowest BCUT2D eigenvalue weighted by atomic mass is 10.1. The number of nitrogens with one attached hydrogen (secondary N) is 2. The van der Waals surface area contributed by atoms with Crippen molar-refractivity contribution in [2.45, 2.75) is 37.3 Å². The van der Waals surface area contributed by atoms with Crippen molar-refractivity contribution in [3.8, 4) is 0 Å². The van der Waals surface area contributed by atoms with Crippen LogP contribution in [0.5, 0.6) is 0 Å². The van der Waals surface area contributed by atoms with Crippen LogP contribution >= 0.6 is 0 Å². The van der Waals surface area contributed by atoms with Gasteiger partial charge in [0.25, 0.3) is 0 Å². The molecule has 130 valence electrons. The van der Waals surface area contributed by atoms with E-state index in [1.807, 2.05) is 0 Å². The quantitative estimate of drug-likeness (QED) is 0.657. The monoisotopic (exact) mass is 330 g/mol. The fourth-order valence-corrected chi connectivity index (χ4v) is 3.30. The summed E-state index contributed by atoms with van der Waals surface area (Å²) in [5, 5.41) is 7.00. The largest absolute Gasteiger partial charge is 0.453 e. The number of hydrogen-bond donors (Lipinski definition) is 2. The molecule has 2 aliphatic rings. The van der Waals surface area contributed by atoms with E-state index in [9.17, 15) is 4.79 Å². The molecule has 1 saturated carbocycles. The van der Waals surface area contributed by atoms with Crippen LogP contribution in [0.1, 0.15) is 30.7 Å². The summed E-state index contributed by atoms with van der Waals surface area (Å²) in [4.78, 5) is 17.6. The maximum absolute atomic E-state index is 11.5. The Morgan fingerprint density at radius 3 is 2.54 bits per heavy atom. The Balaban J connectivity index is 1.45. The Labute approximate surface area is 143 Å². The van der Waals surface area contributed by atoms with Gasteiger partial charge in [0, 0.05) is 38.1 Å². The molecular weight excluding hydrogens is 304 g/mol. The standard InChI is InChI=1S/C18H26N4O2/c1-19-17(20-14-8-10-22(11-9-14)18(23)24-2)21-16-12-15(16)13-6-4-3-5-7-13/h3-7,14-16H,8-12H2,1-2H3,(H2,19,20,21). The molecule has 0 bridgehead atoms. The fourth-order valence-electron chi connectivity index (χ4n) is 3.30. The lowest BCUT2D eigenvalue weighted by molar-refractivity contribution is 0.111. The van der Waals surface area contributed by atoms with Gasteiger partial charge in [-0.1, -0.05) is 30.3 Å². The van der Waals surface area contributed by atoms with E-state index in [4.69, 9.17) is 4.74 Å². The Morgan fingerprint density at radius 1 is 1.21 bits per heavy atom. The van der Waals surface area contributed by atoms with Gasteiger partial charge in [0.05, 0.1) is 7.11 Å². The molecule has 3 rings (SSSR count). The van der Waals surface area contributed by atoms with Crippen molar-refractivity contribution >= 4 is 12.1 Å². The maximum Gasteiger partial charge on any atom is 0.409 e. The third-order valence-electron chi connectivity index (χ3n) is 4.83. The van der Waals surface area contributed by atoms with Gasteiger partial charge in [-0.05, 0) is 24.8 Å². The van der Waals surface area contributed by atoms with Crippen molar-refractivity contribution in [2.75, 3.05) is 27.2 Å². The Morgan fingerprint density at radius 2 is 1.92 bits per heavy atom. The van der Waals surface area contributed by atoms with Crippen LogP contribution in [0.15, 0.2) is 35.3 Å². The summed E-state index contributed by atoms with van der Waals surface area (Å²) in [6.45, 7) is 1.44. The zero-order chi connectivity index (χ0) is 16.9. The minimum Gasteiger partial charge on any atom is -0.453 e. The number of carbonyl (C=O) groups is 1. The Bertz CT molecular complexity index is 582. The highest BCUT2D eigenvalue weighted by Gasteiger charge is 2.39. The third kappa shape index (κ3) is 3.99. The van der Waals surface area contributed by atoms with Crippen molar-refractivity contribution in [2.24, 2.45) is 4.99 Å². The van der Waals surface area contributed by atoms with Gasteiger partial charge < -0.3 is 20.3 Å². The number of ether oxygens (including phenoxy) is 1. The number of amides is 1. The number of rotatable bonds is 3. The summed E-state index contributed by atoms with van der Waals surface area (Å²) < 4.78 is 4.77. The summed E-state index contributed by atoms with van der Waals surface area (Å²) >= 11 is 0. The molecule has 6 nitrogen and oxygen atoms in total. The number of likely N-dealkylation sites (tertiary alicyclic amines) is 1. The molecule has 2 fully saturated rings. The molecule has 1 aromatic rings. The minimum atomic E-state index is -0.236. The maximum atomic E-state index is 11.5. The van der Waals surface area contributed by atoms with Gasteiger partial charge >= 0.3 is 6.09 Å². The molecule has 0 aromatic heterocycles. The second-order valence-electron chi connectivity index (χ2n) is 6.45. The molecule has 1 aliphatic carbocycles. The molecule has 1 saturated heterocycles. The molecule has 1 heterocycles. The van der Waals surface area contributed by atoms with Gasteiger partial charge in [-0.25, -0.2) is 4.79 Å². The Kier molecular flexibility index (Phi) is 5.23. The highest BCUT2D eigenvalue weighted by molar-refractivity contribution is 5.81. The lowest BCUT2D eigenvalue weighted by Gasteiger charge is -2.32. The van der Waals surface area contributed by atoms with Crippen LogP contribution in [0.2, 0.25) is 0 Å². The second-order valence-corrected chi connectivity index (χ2v) is 6.45. The van der Waals surface area contributed by atoms with Gasteiger partial charge in [-0.3, -0.25) is 4.99 Å². The zero-order valence-electron chi connectivity index (χ0n) is 14.4. The zero-order valence-corrected chi connectivity index (χ0v) is 14.4. The number of nitrogens with zero attached hydrogens (tertiary/aromatic N) is 2. The van der Waals surface area contributed by atoms with E-state index in [-0.39, 0.29) is 6.09 Å². The minimum absolute atomic E-state index is 0.236. The number of carbonyl (C=O) groups excluding carboxylic acids is 1. The highest BCUT2D eigenvalue weighted by Crippen LogP contribution is 2.40. The van der Waals surface area contributed by atoms with Crippen LogP contribution in [0, 0.1) is 0 Å². The summed E-state index contributed by atoms with van der Waals surface area (Å²) in [5.41, 5.74) is 1.39. The molecule has 2 atom stereocenters. The van der Waals surface area contributed by atoms with Crippen LogP contribution < -0.4 is 10.6 Å². The molecular formula is C18H26N4O2. The molecule has 24 heavy (non-hydrogen) atoms. The number of methoxy groups -OCH3 is 1. The first-order valence-corrected chi connectivity index (χ1v) is 8.59. The molecule has 0 spiro atoms. The number of guanidine groups is 1. The molecule has 2 N–H and O–H groups in total. The van der Waals surface area contributed by atoms with E-state index in [2.05, 4.69) is 46.0 Å². The molecule has 2 unspecified atom stereocenters. The van der Waals surface area contributed by atoms with Gasteiger partial charge in [-0.2, -0.15) is 0 Å². The fraction of sp³-hybridized carbons (Fsp3) is 0.556. The first-order chi connectivity index (χ1) is 11.7. The average Bonchev–Trinajstić information content (AvgIpc) is 3.41. The summed E-state index contributed by atoms with van der Waals surface area (Å²) in [5.74, 6) is 1.43. The first-order valence-electron chi connectivity index (χ1n) is 8.59. The predicted octanol–water partition coefficient (Wildman–Crippen LogP) is 1.94. The van der Waals surface area contributed by atoms with Crippen LogP contribution in [0.4, 0.5) is 4.79 Å². The van der Waals surface area contributed by atoms with Crippen LogP contribution in [0.3, 0.4) is 0 Å². The van der Waals surface area contributed by atoms with Crippen LogP contribution in [-0.4, -0.2) is 56.3 Å². The highest BCUT2D eigenvalue weighted by atomic mass is 16.5. The lowest BCUT2D eigenvalue weighted by Crippen LogP contribution is -2.50. The third-order valence-corrected chi connectivity index (χ3v) is 4.83. The average molecular weight is 330 g/mol. The van der Waals surface area contributed by atoms with Crippen molar-refractivity contribution in [3.05, 3.63) is 35.9 Å². The molecule has 1 aliphatic heterocycles. The number of hydrogen-bond acceptors (Lipinski definition) is 3. The molecule has 1 amide bonds. The number of piperidine rings is 1. The SMILES string of the molecule is CN=C(NC1CCN(C(=O)OC)CC1)NC1CC1c1ccccc1.